The van der Waals surface area contributed by atoms with Gasteiger partial charge in [-0.2, -0.15) is 5.10 Å². The van der Waals surface area contributed by atoms with Crippen molar-refractivity contribution < 1.29 is 4.79 Å². The van der Waals surface area contributed by atoms with Crippen molar-refractivity contribution in [1.29, 1.82) is 0 Å². The largest absolute Gasteiger partial charge is 0.341 e. The van der Waals surface area contributed by atoms with Crippen molar-refractivity contribution in [2.75, 3.05) is 13.1 Å². The summed E-state index contributed by atoms with van der Waals surface area (Å²) in [7, 11) is 0. The maximum absolute atomic E-state index is 12.9. The van der Waals surface area contributed by atoms with Crippen LogP contribution in [-0.2, 0) is 4.79 Å². The predicted molar refractivity (Wildman–Crippen MR) is 99.3 cm³/mol. The number of aromatic nitrogens is 3. The average Bonchev–Trinajstić information content (AvgIpc) is 3.18. The van der Waals surface area contributed by atoms with Gasteiger partial charge in [-0.15, -0.1) is 11.3 Å². The molecule has 4 rings (SSSR count). The Kier molecular flexibility index (Phi) is 3.91. The van der Waals surface area contributed by atoms with Gasteiger partial charge in [-0.05, 0) is 50.1 Å². The molecule has 6 nitrogen and oxygen atoms in total. The van der Waals surface area contributed by atoms with Crippen LogP contribution >= 0.6 is 11.3 Å². The smallest absolute Gasteiger partial charge is 0.291 e. The molecule has 4 heterocycles. The molecule has 0 N–H and O–H groups in total. The van der Waals surface area contributed by atoms with E-state index in [9.17, 15) is 9.59 Å². The van der Waals surface area contributed by atoms with E-state index >= 15 is 0 Å². The van der Waals surface area contributed by atoms with Crippen LogP contribution in [0.2, 0.25) is 0 Å². The number of hydrogen-bond acceptors (Lipinski definition) is 4. The fraction of sp³-hybridized carbons (Fsp3) is 0.500. The number of nitrogens with zero attached hydrogens (tertiary/aromatic N) is 4. The summed E-state index contributed by atoms with van der Waals surface area (Å²) in [4.78, 5) is 27.7. The lowest BCUT2D eigenvalue weighted by Gasteiger charge is -2.32. The molecule has 1 amide bonds. The molecular weight excluding hydrogens is 336 g/mol. The summed E-state index contributed by atoms with van der Waals surface area (Å²) in [6, 6.07) is 3.31. The van der Waals surface area contributed by atoms with Crippen molar-refractivity contribution in [3.63, 3.8) is 0 Å². The van der Waals surface area contributed by atoms with Gasteiger partial charge in [0.05, 0.1) is 10.2 Å². The second kappa shape index (κ2) is 5.98. The van der Waals surface area contributed by atoms with E-state index in [4.69, 9.17) is 0 Å². The lowest BCUT2D eigenvalue weighted by molar-refractivity contribution is -0.136. The van der Waals surface area contributed by atoms with Crippen molar-refractivity contribution >= 4 is 33.0 Å². The molecule has 3 aromatic rings. The van der Waals surface area contributed by atoms with Gasteiger partial charge in [-0.1, -0.05) is 6.92 Å². The van der Waals surface area contributed by atoms with E-state index in [2.05, 4.69) is 12.0 Å². The molecule has 0 radical (unpaired) electrons. The van der Waals surface area contributed by atoms with Gasteiger partial charge in [0.1, 0.15) is 17.4 Å². The Morgan fingerprint density at radius 2 is 2.04 bits per heavy atom. The molecule has 1 saturated heterocycles. The predicted octanol–water partition coefficient (Wildman–Crippen LogP) is 2.84. The Morgan fingerprint density at radius 1 is 1.32 bits per heavy atom. The first-order valence-electron chi connectivity index (χ1n) is 8.74. The summed E-state index contributed by atoms with van der Waals surface area (Å²) in [5.41, 5.74) is 1.37. The number of likely N-dealkylation sites (tertiary alicyclic amines) is 1. The van der Waals surface area contributed by atoms with Crippen molar-refractivity contribution in [3.05, 3.63) is 33.7 Å². The Balaban J connectivity index is 1.74. The number of amides is 1. The molecule has 25 heavy (non-hydrogen) atoms. The van der Waals surface area contributed by atoms with E-state index in [0.29, 0.717) is 11.4 Å². The van der Waals surface area contributed by atoms with Gasteiger partial charge >= 0.3 is 0 Å². The van der Waals surface area contributed by atoms with Crippen LogP contribution in [0.1, 0.15) is 38.6 Å². The van der Waals surface area contributed by atoms with Crippen LogP contribution in [-0.4, -0.2) is 38.1 Å². The number of fused-ring (bicyclic) bond motifs is 3. The fourth-order valence-corrected chi connectivity index (χ4v) is 4.46. The molecule has 1 aliphatic heterocycles. The molecule has 0 spiro atoms. The topological polar surface area (TPSA) is 59.6 Å². The monoisotopic (exact) mass is 358 g/mol. The van der Waals surface area contributed by atoms with Gasteiger partial charge < -0.3 is 4.90 Å². The van der Waals surface area contributed by atoms with Gasteiger partial charge in [-0.3, -0.25) is 14.0 Å². The highest BCUT2D eigenvalue weighted by atomic mass is 32.1. The van der Waals surface area contributed by atoms with Gasteiger partial charge in [0.2, 0.25) is 5.91 Å². The summed E-state index contributed by atoms with van der Waals surface area (Å²) in [6.45, 7) is 7.39. The van der Waals surface area contributed by atoms with Crippen molar-refractivity contribution in [1.82, 2.24) is 19.1 Å². The average molecular weight is 358 g/mol. The van der Waals surface area contributed by atoms with Crippen LogP contribution in [0.25, 0.3) is 15.7 Å². The van der Waals surface area contributed by atoms with Crippen LogP contribution in [0.3, 0.4) is 0 Å². The Labute approximate surface area is 149 Å². The van der Waals surface area contributed by atoms with Gasteiger partial charge in [-0.25, -0.2) is 4.68 Å². The van der Waals surface area contributed by atoms with E-state index in [1.807, 2.05) is 33.7 Å². The van der Waals surface area contributed by atoms with Crippen LogP contribution in [0.15, 0.2) is 22.3 Å². The zero-order valence-corrected chi connectivity index (χ0v) is 15.5. The molecule has 3 aromatic heterocycles. The van der Waals surface area contributed by atoms with E-state index < -0.39 is 6.04 Å². The summed E-state index contributed by atoms with van der Waals surface area (Å²) in [5.74, 6) is 1.36. The number of piperidine rings is 1. The highest BCUT2D eigenvalue weighted by Crippen LogP contribution is 2.25. The number of thiophene rings is 1. The minimum absolute atomic E-state index is 0.0152. The lowest BCUT2D eigenvalue weighted by Crippen LogP contribution is -2.44. The highest BCUT2D eigenvalue weighted by molar-refractivity contribution is 7.17. The van der Waals surface area contributed by atoms with Crippen LogP contribution in [0.4, 0.5) is 0 Å². The van der Waals surface area contributed by atoms with E-state index in [-0.39, 0.29) is 11.5 Å². The zero-order valence-electron chi connectivity index (χ0n) is 14.7. The van der Waals surface area contributed by atoms with Gasteiger partial charge in [0.25, 0.3) is 5.56 Å². The lowest BCUT2D eigenvalue weighted by atomic mass is 9.99. The second-order valence-corrected chi connectivity index (χ2v) is 7.96. The number of carbonyl (C=O) groups excluding carboxylic acids is 1. The SMILES string of the molecule is Cc1nn(C(C)C(=O)N2CCC(C)CC2)c(=O)c2cc3sccc3n12. The third-order valence-corrected chi connectivity index (χ3v) is 6.10. The number of hydrogen-bond donors (Lipinski definition) is 0. The molecule has 0 bridgehead atoms. The maximum atomic E-state index is 12.9. The van der Waals surface area contributed by atoms with E-state index in [1.165, 1.54) is 4.68 Å². The summed E-state index contributed by atoms with van der Waals surface area (Å²) >= 11 is 1.60. The molecule has 0 aliphatic carbocycles. The fourth-order valence-electron chi connectivity index (χ4n) is 3.66. The number of aryl methyl sites for hydroxylation is 1. The first-order chi connectivity index (χ1) is 12.0. The molecule has 7 heteroatoms. The minimum atomic E-state index is -0.586. The number of carbonyl (C=O) groups is 1. The first-order valence-corrected chi connectivity index (χ1v) is 9.62. The molecule has 0 saturated carbocycles. The zero-order chi connectivity index (χ0) is 17.7. The van der Waals surface area contributed by atoms with Crippen molar-refractivity contribution in [2.24, 2.45) is 5.92 Å². The Hall–Kier alpha value is -2.15. The van der Waals surface area contributed by atoms with Crippen LogP contribution in [0, 0.1) is 12.8 Å². The van der Waals surface area contributed by atoms with Crippen LogP contribution < -0.4 is 5.56 Å². The standard InChI is InChI=1S/C18H22N4O2S/c1-11-4-7-20(8-5-11)17(23)12(2)22-18(24)15-10-16-14(6-9-25-16)21(15)13(3)19-22/h6,9-12H,4-5,7-8H2,1-3H3. The molecule has 0 aromatic carbocycles. The van der Waals surface area contributed by atoms with Crippen molar-refractivity contribution in [3.8, 4) is 0 Å². The molecule has 1 unspecified atom stereocenters. The quantitative estimate of drug-likeness (QED) is 0.708. The first kappa shape index (κ1) is 16.3. The molecule has 1 fully saturated rings. The molecule has 132 valence electrons. The molecule has 1 aliphatic rings. The van der Waals surface area contributed by atoms with E-state index in [1.54, 1.807) is 18.3 Å². The summed E-state index contributed by atoms with van der Waals surface area (Å²) < 4.78 is 4.29. The normalized spacial score (nSPS) is 17.5. The Morgan fingerprint density at radius 3 is 2.76 bits per heavy atom. The maximum Gasteiger partial charge on any atom is 0.291 e. The minimum Gasteiger partial charge on any atom is -0.341 e. The highest BCUT2D eigenvalue weighted by Gasteiger charge is 2.27. The second-order valence-electron chi connectivity index (χ2n) is 7.02. The molecule has 1 atom stereocenters. The van der Waals surface area contributed by atoms with E-state index in [0.717, 1.165) is 42.0 Å². The summed E-state index contributed by atoms with van der Waals surface area (Å²) in [5, 5.41) is 6.46. The van der Waals surface area contributed by atoms with Crippen molar-refractivity contribution in [2.45, 2.75) is 39.7 Å². The molecular formula is C18H22N4O2S. The summed E-state index contributed by atoms with van der Waals surface area (Å²) in [6.07, 6.45) is 2.04. The Bertz CT molecular complexity index is 1010. The van der Waals surface area contributed by atoms with Gasteiger partial charge in [0, 0.05) is 13.1 Å². The number of rotatable bonds is 2. The van der Waals surface area contributed by atoms with Crippen LogP contribution in [0.5, 0.6) is 0 Å². The third-order valence-electron chi connectivity index (χ3n) is 5.25. The van der Waals surface area contributed by atoms with Gasteiger partial charge in [0.15, 0.2) is 0 Å². The third kappa shape index (κ3) is 2.57.